The quantitative estimate of drug-likeness (QED) is 0.795. The second-order valence-electron chi connectivity index (χ2n) is 4.64. The van der Waals surface area contributed by atoms with E-state index in [0.29, 0.717) is 11.1 Å². The van der Waals surface area contributed by atoms with Crippen molar-refractivity contribution in [2.24, 2.45) is 0 Å². The fraction of sp³-hybridized carbons (Fsp3) is 0.200. The van der Waals surface area contributed by atoms with Gasteiger partial charge in [-0.25, -0.2) is 9.37 Å². The smallest absolute Gasteiger partial charge is 0.278 e. The summed E-state index contributed by atoms with van der Waals surface area (Å²) in [6, 6.07) is 8.25. The number of nitrogens with one attached hydrogen (secondary N) is 1. The second-order valence-corrected chi connectivity index (χ2v) is 4.64. The molecule has 1 aromatic carbocycles. The molecule has 0 unspecified atom stereocenters. The molecule has 0 amide bonds. The predicted molar refractivity (Wildman–Crippen MR) is 75.2 cm³/mol. The van der Waals surface area contributed by atoms with Crippen LogP contribution in [0.4, 0.5) is 4.39 Å². The first-order valence-corrected chi connectivity index (χ1v) is 6.50. The van der Waals surface area contributed by atoms with Crippen molar-refractivity contribution < 1.29 is 4.39 Å². The van der Waals surface area contributed by atoms with Crippen molar-refractivity contribution in [3.8, 4) is 0 Å². The number of nitrogens with zero attached hydrogens (tertiary/aromatic N) is 2. The van der Waals surface area contributed by atoms with Crippen LogP contribution in [0.15, 0.2) is 41.3 Å². The zero-order valence-electron chi connectivity index (χ0n) is 11.1. The zero-order valence-corrected chi connectivity index (χ0v) is 11.1. The molecule has 5 heteroatoms. The number of benzene rings is 1. The van der Waals surface area contributed by atoms with Crippen LogP contribution in [-0.2, 0) is 13.0 Å². The average molecular weight is 271 g/mol. The van der Waals surface area contributed by atoms with E-state index in [9.17, 15) is 9.18 Å². The standard InChI is InChI=1S/C15H14FN3O/c1-2-13-17-12-7-8-19(15(20)14(12)18-13)9-10-5-3-4-6-11(10)16/h3-8H,2,9H2,1H3,(H,17,18). The summed E-state index contributed by atoms with van der Waals surface area (Å²) in [6.07, 6.45) is 2.40. The summed E-state index contributed by atoms with van der Waals surface area (Å²) < 4.78 is 15.1. The Bertz CT molecular complexity index is 819. The van der Waals surface area contributed by atoms with Gasteiger partial charge in [0.1, 0.15) is 11.6 Å². The Hall–Kier alpha value is -2.43. The third-order valence-corrected chi connectivity index (χ3v) is 3.30. The van der Waals surface area contributed by atoms with Gasteiger partial charge in [-0.3, -0.25) is 4.79 Å². The van der Waals surface area contributed by atoms with E-state index in [-0.39, 0.29) is 17.9 Å². The van der Waals surface area contributed by atoms with E-state index in [4.69, 9.17) is 0 Å². The monoisotopic (exact) mass is 271 g/mol. The van der Waals surface area contributed by atoms with E-state index in [0.717, 1.165) is 17.8 Å². The van der Waals surface area contributed by atoms with Crippen LogP contribution in [0, 0.1) is 5.82 Å². The van der Waals surface area contributed by atoms with Crippen LogP contribution in [0.1, 0.15) is 18.3 Å². The molecular weight excluding hydrogens is 257 g/mol. The normalized spacial score (nSPS) is 11.1. The van der Waals surface area contributed by atoms with Crippen LogP contribution in [0.3, 0.4) is 0 Å². The minimum atomic E-state index is -0.309. The van der Waals surface area contributed by atoms with Crippen LogP contribution in [-0.4, -0.2) is 14.5 Å². The van der Waals surface area contributed by atoms with Gasteiger partial charge in [0, 0.05) is 18.2 Å². The molecule has 1 N–H and O–H groups in total. The van der Waals surface area contributed by atoms with E-state index in [1.807, 2.05) is 6.92 Å². The Labute approximate surface area is 114 Å². The molecule has 0 fully saturated rings. The van der Waals surface area contributed by atoms with Crippen molar-refractivity contribution in [1.29, 1.82) is 0 Å². The van der Waals surface area contributed by atoms with Crippen molar-refractivity contribution in [3.63, 3.8) is 0 Å². The van der Waals surface area contributed by atoms with Crippen molar-refractivity contribution in [1.82, 2.24) is 14.5 Å². The number of fused-ring (bicyclic) bond motifs is 1. The molecule has 0 spiro atoms. The number of aromatic nitrogens is 3. The van der Waals surface area contributed by atoms with Crippen LogP contribution in [0.25, 0.3) is 11.0 Å². The molecule has 0 atom stereocenters. The minimum Gasteiger partial charge on any atom is -0.342 e. The van der Waals surface area contributed by atoms with E-state index in [1.54, 1.807) is 30.5 Å². The molecule has 0 saturated heterocycles. The Morgan fingerprint density at radius 3 is 2.85 bits per heavy atom. The van der Waals surface area contributed by atoms with E-state index in [1.165, 1.54) is 10.6 Å². The van der Waals surface area contributed by atoms with Crippen LogP contribution >= 0.6 is 0 Å². The molecule has 2 heterocycles. The number of pyridine rings is 1. The molecule has 3 rings (SSSR count). The predicted octanol–water partition coefficient (Wildman–Crippen LogP) is 2.47. The number of rotatable bonds is 3. The average Bonchev–Trinajstić information content (AvgIpc) is 2.88. The molecule has 0 bridgehead atoms. The van der Waals surface area contributed by atoms with Gasteiger partial charge < -0.3 is 9.55 Å². The van der Waals surface area contributed by atoms with E-state index in [2.05, 4.69) is 9.97 Å². The molecule has 3 aromatic rings. The molecule has 0 radical (unpaired) electrons. The van der Waals surface area contributed by atoms with Crippen LogP contribution < -0.4 is 5.56 Å². The largest absolute Gasteiger partial charge is 0.342 e. The Balaban J connectivity index is 2.06. The third-order valence-electron chi connectivity index (χ3n) is 3.30. The summed E-state index contributed by atoms with van der Waals surface area (Å²) in [4.78, 5) is 19.7. The Morgan fingerprint density at radius 2 is 2.10 bits per heavy atom. The van der Waals surface area contributed by atoms with Gasteiger partial charge in [0.05, 0.1) is 12.1 Å². The molecule has 0 aliphatic heterocycles. The highest BCUT2D eigenvalue weighted by Gasteiger charge is 2.09. The van der Waals surface area contributed by atoms with E-state index >= 15 is 0 Å². The zero-order chi connectivity index (χ0) is 14.1. The number of hydrogen-bond donors (Lipinski definition) is 1. The van der Waals surface area contributed by atoms with Crippen molar-refractivity contribution in [2.45, 2.75) is 19.9 Å². The topological polar surface area (TPSA) is 50.7 Å². The van der Waals surface area contributed by atoms with Crippen molar-refractivity contribution in [2.75, 3.05) is 0 Å². The maximum atomic E-state index is 13.6. The van der Waals surface area contributed by atoms with Gasteiger partial charge in [-0.05, 0) is 12.1 Å². The first kappa shape index (κ1) is 12.6. The van der Waals surface area contributed by atoms with E-state index < -0.39 is 0 Å². The molecule has 102 valence electrons. The minimum absolute atomic E-state index is 0.204. The third kappa shape index (κ3) is 2.11. The summed E-state index contributed by atoms with van der Waals surface area (Å²) in [6.45, 7) is 2.17. The highest BCUT2D eigenvalue weighted by atomic mass is 19.1. The van der Waals surface area contributed by atoms with Gasteiger partial charge in [0.25, 0.3) is 5.56 Å². The molecule has 4 nitrogen and oxygen atoms in total. The number of aromatic amines is 1. The summed E-state index contributed by atoms with van der Waals surface area (Å²) >= 11 is 0. The summed E-state index contributed by atoms with van der Waals surface area (Å²) in [5.41, 5.74) is 1.40. The number of hydrogen-bond acceptors (Lipinski definition) is 2. The highest BCUT2D eigenvalue weighted by molar-refractivity contribution is 5.73. The lowest BCUT2D eigenvalue weighted by Crippen LogP contribution is -2.20. The molecule has 0 saturated carbocycles. The van der Waals surface area contributed by atoms with Gasteiger partial charge in [0.15, 0.2) is 5.52 Å². The second kappa shape index (κ2) is 4.92. The fourth-order valence-corrected chi connectivity index (χ4v) is 2.19. The molecule has 0 aliphatic carbocycles. The number of H-pyrrole nitrogens is 1. The lowest BCUT2D eigenvalue weighted by atomic mass is 10.2. The lowest BCUT2D eigenvalue weighted by Gasteiger charge is -2.06. The first-order chi connectivity index (χ1) is 9.69. The van der Waals surface area contributed by atoms with Crippen molar-refractivity contribution >= 4 is 11.0 Å². The molecule has 2 aromatic heterocycles. The van der Waals surface area contributed by atoms with Gasteiger partial charge in [0.2, 0.25) is 0 Å². The van der Waals surface area contributed by atoms with Gasteiger partial charge in [-0.1, -0.05) is 25.1 Å². The maximum Gasteiger partial charge on any atom is 0.278 e. The molecular formula is C15H14FN3O. The Morgan fingerprint density at radius 1 is 1.30 bits per heavy atom. The molecule has 0 aliphatic rings. The SMILES string of the molecule is CCc1nc2c(=O)n(Cc3ccccc3F)ccc2[nH]1. The van der Waals surface area contributed by atoms with Gasteiger partial charge in [-0.15, -0.1) is 0 Å². The summed E-state index contributed by atoms with van der Waals surface area (Å²) in [5, 5.41) is 0. The summed E-state index contributed by atoms with van der Waals surface area (Å²) in [7, 11) is 0. The van der Waals surface area contributed by atoms with Crippen LogP contribution in [0.5, 0.6) is 0 Å². The van der Waals surface area contributed by atoms with Crippen molar-refractivity contribution in [3.05, 3.63) is 64.1 Å². The van der Waals surface area contributed by atoms with Crippen LogP contribution in [0.2, 0.25) is 0 Å². The number of imidazole rings is 1. The fourth-order valence-electron chi connectivity index (χ4n) is 2.19. The number of aryl methyl sites for hydroxylation is 1. The van der Waals surface area contributed by atoms with Gasteiger partial charge in [-0.2, -0.15) is 0 Å². The first-order valence-electron chi connectivity index (χ1n) is 6.50. The number of halogens is 1. The van der Waals surface area contributed by atoms with Gasteiger partial charge >= 0.3 is 0 Å². The maximum absolute atomic E-state index is 13.6. The molecule has 20 heavy (non-hydrogen) atoms. The Kier molecular flexibility index (Phi) is 3.10. The highest BCUT2D eigenvalue weighted by Crippen LogP contribution is 2.10. The summed E-state index contributed by atoms with van der Waals surface area (Å²) in [5.74, 6) is 0.469. The lowest BCUT2D eigenvalue weighted by molar-refractivity contribution is 0.597.